The SMILES string of the molecule is CCCOc1cccc(C(NN)C2CCC(C)CC2)c1. The molecule has 0 amide bonds. The van der Waals surface area contributed by atoms with Crippen molar-refractivity contribution in [3.05, 3.63) is 29.8 Å². The van der Waals surface area contributed by atoms with E-state index in [9.17, 15) is 0 Å². The smallest absolute Gasteiger partial charge is 0.119 e. The molecule has 112 valence electrons. The highest BCUT2D eigenvalue weighted by Gasteiger charge is 2.26. The predicted octanol–water partition coefficient (Wildman–Crippen LogP) is 3.81. The lowest BCUT2D eigenvalue weighted by Gasteiger charge is -2.32. The fraction of sp³-hybridized carbons (Fsp3) is 0.647. The summed E-state index contributed by atoms with van der Waals surface area (Å²) in [6.07, 6.45) is 6.18. The van der Waals surface area contributed by atoms with Gasteiger partial charge in [0.1, 0.15) is 5.75 Å². The maximum atomic E-state index is 5.83. The van der Waals surface area contributed by atoms with Gasteiger partial charge in [-0.2, -0.15) is 0 Å². The van der Waals surface area contributed by atoms with Crippen molar-refractivity contribution >= 4 is 0 Å². The van der Waals surface area contributed by atoms with Crippen LogP contribution in [0.3, 0.4) is 0 Å². The molecule has 0 bridgehead atoms. The Kier molecular flexibility index (Phi) is 5.86. The molecule has 0 spiro atoms. The van der Waals surface area contributed by atoms with E-state index in [4.69, 9.17) is 10.6 Å². The van der Waals surface area contributed by atoms with Gasteiger partial charge in [0.15, 0.2) is 0 Å². The molecule has 1 fully saturated rings. The second kappa shape index (κ2) is 7.65. The number of nitrogens with two attached hydrogens (primary N) is 1. The monoisotopic (exact) mass is 276 g/mol. The largest absolute Gasteiger partial charge is 0.494 e. The van der Waals surface area contributed by atoms with E-state index in [0.717, 1.165) is 24.7 Å². The summed E-state index contributed by atoms with van der Waals surface area (Å²) in [5.41, 5.74) is 4.28. The molecule has 1 aliphatic carbocycles. The van der Waals surface area contributed by atoms with Crippen LogP contribution in [0.4, 0.5) is 0 Å². The molecule has 0 aromatic heterocycles. The average molecular weight is 276 g/mol. The van der Waals surface area contributed by atoms with Gasteiger partial charge in [0.25, 0.3) is 0 Å². The summed E-state index contributed by atoms with van der Waals surface area (Å²) < 4.78 is 5.73. The molecule has 3 heteroatoms. The number of benzene rings is 1. The van der Waals surface area contributed by atoms with E-state index in [2.05, 4.69) is 37.5 Å². The molecular weight excluding hydrogens is 248 g/mol. The summed E-state index contributed by atoms with van der Waals surface area (Å²) in [4.78, 5) is 0. The van der Waals surface area contributed by atoms with Crippen LogP contribution in [-0.2, 0) is 0 Å². The first kappa shape index (κ1) is 15.3. The Morgan fingerprint density at radius 2 is 2.05 bits per heavy atom. The minimum Gasteiger partial charge on any atom is -0.494 e. The highest BCUT2D eigenvalue weighted by molar-refractivity contribution is 5.31. The van der Waals surface area contributed by atoms with Crippen LogP contribution in [0, 0.1) is 11.8 Å². The summed E-state index contributed by atoms with van der Waals surface area (Å²) in [6, 6.07) is 8.62. The van der Waals surface area contributed by atoms with E-state index in [1.54, 1.807) is 0 Å². The van der Waals surface area contributed by atoms with E-state index in [1.807, 2.05) is 6.07 Å². The molecule has 0 heterocycles. The van der Waals surface area contributed by atoms with Crippen LogP contribution in [0.15, 0.2) is 24.3 Å². The Balaban J connectivity index is 2.06. The van der Waals surface area contributed by atoms with Crippen molar-refractivity contribution in [2.24, 2.45) is 17.7 Å². The highest BCUT2D eigenvalue weighted by atomic mass is 16.5. The molecule has 1 saturated carbocycles. The molecule has 0 radical (unpaired) electrons. The number of hydrazine groups is 1. The van der Waals surface area contributed by atoms with E-state index < -0.39 is 0 Å². The van der Waals surface area contributed by atoms with Crippen LogP contribution >= 0.6 is 0 Å². The van der Waals surface area contributed by atoms with Gasteiger partial charge in [-0.05, 0) is 48.8 Å². The number of nitrogens with one attached hydrogen (secondary N) is 1. The molecule has 0 aliphatic heterocycles. The van der Waals surface area contributed by atoms with E-state index in [1.165, 1.54) is 31.2 Å². The van der Waals surface area contributed by atoms with Crippen molar-refractivity contribution in [1.29, 1.82) is 0 Å². The summed E-state index contributed by atoms with van der Waals surface area (Å²) >= 11 is 0. The molecule has 2 rings (SSSR count). The van der Waals surface area contributed by atoms with E-state index in [0.29, 0.717) is 5.92 Å². The van der Waals surface area contributed by atoms with Crippen LogP contribution in [0.25, 0.3) is 0 Å². The van der Waals surface area contributed by atoms with E-state index >= 15 is 0 Å². The first-order chi connectivity index (χ1) is 9.74. The van der Waals surface area contributed by atoms with Gasteiger partial charge >= 0.3 is 0 Å². The highest BCUT2D eigenvalue weighted by Crippen LogP contribution is 2.37. The van der Waals surface area contributed by atoms with E-state index in [-0.39, 0.29) is 6.04 Å². The van der Waals surface area contributed by atoms with Crippen molar-refractivity contribution < 1.29 is 4.74 Å². The third kappa shape index (κ3) is 3.97. The normalized spacial score (nSPS) is 24.4. The van der Waals surface area contributed by atoms with Crippen LogP contribution in [-0.4, -0.2) is 6.61 Å². The third-order valence-corrected chi connectivity index (χ3v) is 4.40. The van der Waals surface area contributed by atoms with Gasteiger partial charge in [-0.3, -0.25) is 11.3 Å². The first-order valence-corrected chi connectivity index (χ1v) is 7.93. The number of ether oxygens (including phenoxy) is 1. The van der Waals surface area contributed by atoms with Gasteiger partial charge < -0.3 is 4.74 Å². The Hall–Kier alpha value is -1.06. The summed E-state index contributed by atoms with van der Waals surface area (Å²) in [5, 5.41) is 0. The number of hydrogen-bond acceptors (Lipinski definition) is 3. The molecule has 1 aromatic carbocycles. The molecule has 20 heavy (non-hydrogen) atoms. The zero-order valence-corrected chi connectivity index (χ0v) is 12.8. The fourth-order valence-corrected chi connectivity index (χ4v) is 3.14. The second-order valence-corrected chi connectivity index (χ2v) is 6.09. The fourth-order valence-electron chi connectivity index (χ4n) is 3.14. The minimum absolute atomic E-state index is 0.243. The lowest BCUT2D eigenvalue weighted by Crippen LogP contribution is -2.35. The Labute approximate surface area is 122 Å². The summed E-state index contributed by atoms with van der Waals surface area (Å²) in [5.74, 6) is 8.28. The Morgan fingerprint density at radius 3 is 2.70 bits per heavy atom. The van der Waals surface area contributed by atoms with Gasteiger partial charge in [-0.15, -0.1) is 0 Å². The van der Waals surface area contributed by atoms with Crippen LogP contribution in [0.2, 0.25) is 0 Å². The van der Waals surface area contributed by atoms with Crippen LogP contribution in [0.5, 0.6) is 5.75 Å². The van der Waals surface area contributed by atoms with Gasteiger partial charge in [0, 0.05) is 6.04 Å². The van der Waals surface area contributed by atoms with Crippen molar-refractivity contribution in [3.63, 3.8) is 0 Å². The molecular formula is C17H28N2O. The van der Waals surface area contributed by atoms with Gasteiger partial charge in [-0.25, -0.2) is 0 Å². The Bertz CT molecular complexity index is 400. The van der Waals surface area contributed by atoms with Crippen LogP contribution < -0.4 is 16.0 Å². The minimum atomic E-state index is 0.243. The molecule has 1 aliphatic rings. The molecule has 1 unspecified atom stereocenters. The van der Waals surface area contributed by atoms with Crippen molar-refractivity contribution in [2.75, 3.05) is 6.61 Å². The average Bonchev–Trinajstić information content (AvgIpc) is 2.48. The molecule has 3 N–H and O–H groups in total. The standard InChI is InChI=1S/C17H28N2O/c1-3-11-20-16-6-4-5-15(12-16)17(19-18)14-9-7-13(2)8-10-14/h4-6,12-14,17,19H,3,7-11,18H2,1-2H3. The van der Waals surface area contributed by atoms with Crippen molar-refractivity contribution in [2.45, 2.75) is 52.0 Å². The Morgan fingerprint density at radius 1 is 1.30 bits per heavy atom. The van der Waals surface area contributed by atoms with Crippen molar-refractivity contribution in [3.8, 4) is 5.75 Å². The topological polar surface area (TPSA) is 47.3 Å². The maximum Gasteiger partial charge on any atom is 0.119 e. The van der Waals surface area contributed by atoms with Gasteiger partial charge in [0.05, 0.1) is 6.61 Å². The lowest BCUT2D eigenvalue weighted by molar-refractivity contribution is 0.232. The number of rotatable bonds is 6. The molecule has 1 atom stereocenters. The zero-order chi connectivity index (χ0) is 14.4. The molecule has 3 nitrogen and oxygen atoms in total. The van der Waals surface area contributed by atoms with Gasteiger partial charge in [-0.1, -0.05) is 38.8 Å². The quantitative estimate of drug-likeness (QED) is 0.613. The van der Waals surface area contributed by atoms with Crippen LogP contribution in [0.1, 0.15) is 57.6 Å². The summed E-state index contributed by atoms with van der Waals surface area (Å²) in [6.45, 7) is 5.24. The molecule has 0 saturated heterocycles. The zero-order valence-electron chi connectivity index (χ0n) is 12.8. The number of hydrogen-bond donors (Lipinski definition) is 2. The predicted molar refractivity (Wildman–Crippen MR) is 83.4 cm³/mol. The lowest BCUT2D eigenvalue weighted by atomic mass is 9.77. The summed E-state index contributed by atoms with van der Waals surface area (Å²) in [7, 11) is 0. The van der Waals surface area contributed by atoms with Crippen molar-refractivity contribution in [1.82, 2.24) is 5.43 Å². The molecule has 1 aromatic rings. The van der Waals surface area contributed by atoms with Gasteiger partial charge in [0.2, 0.25) is 0 Å². The second-order valence-electron chi connectivity index (χ2n) is 6.09. The first-order valence-electron chi connectivity index (χ1n) is 7.93. The maximum absolute atomic E-state index is 5.83. The third-order valence-electron chi connectivity index (χ3n) is 4.40.